The molecular formula is C18H16F4N6O3. The van der Waals surface area contributed by atoms with Crippen molar-refractivity contribution >= 4 is 17.4 Å². The van der Waals surface area contributed by atoms with Gasteiger partial charge in [0.15, 0.2) is 17.5 Å². The molecule has 0 aliphatic carbocycles. The molecule has 1 aromatic carbocycles. The van der Waals surface area contributed by atoms with Gasteiger partial charge >= 0.3 is 5.82 Å². The maximum atomic E-state index is 13.8. The maximum absolute atomic E-state index is 13.8. The first-order valence-electron chi connectivity index (χ1n) is 8.90. The van der Waals surface area contributed by atoms with Gasteiger partial charge in [-0.2, -0.15) is 9.78 Å². The third kappa shape index (κ3) is 4.70. The van der Waals surface area contributed by atoms with Gasteiger partial charge in [0.25, 0.3) is 0 Å². The van der Waals surface area contributed by atoms with Crippen molar-refractivity contribution in [1.82, 2.24) is 19.6 Å². The molecule has 0 radical (unpaired) electrons. The van der Waals surface area contributed by atoms with Crippen molar-refractivity contribution in [2.75, 3.05) is 5.32 Å². The Kier molecular flexibility index (Phi) is 6.04. The van der Waals surface area contributed by atoms with Crippen molar-refractivity contribution < 1.29 is 27.3 Å². The Labute approximate surface area is 172 Å². The number of halogens is 4. The lowest BCUT2D eigenvalue weighted by atomic mass is 10.1. The SMILES string of the molecule is Cc1cc([N+](=O)[O-])nn1CC(C)C(=O)Nc1cnn(Cc2c(F)cc(F)c(F)c2F)c1. The lowest BCUT2D eigenvalue weighted by Crippen LogP contribution is -2.25. The molecule has 0 aliphatic heterocycles. The number of hydrogen-bond acceptors (Lipinski definition) is 5. The molecule has 0 fully saturated rings. The predicted octanol–water partition coefficient (Wildman–Crippen LogP) is 3.18. The molecule has 13 heteroatoms. The van der Waals surface area contributed by atoms with Crippen LogP contribution in [0, 0.1) is 46.2 Å². The molecule has 2 heterocycles. The molecule has 2 aromatic heterocycles. The van der Waals surface area contributed by atoms with Crippen molar-refractivity contribution in [3.05, 3.63) is 69.2 Å². The number of nitrogens with zero attached hydrogens (tertiary/aromatic N) is 5. The van der Waals surface area contributed by atoms with E-state index in [4.69, 9.17) is 0 Å². The zero-order chi connectivity index (χ0) is 22.9. The molecule has 0 spiro atoms. The van der Waals surface area contributed by atoms with Crippen LogP contribution in [0.4, 0.5) is 29.1 Å². The summed E-state index contributed by atoms with van der Waals surface area (Å²) in [6.45, 7) is 2.74. The lowest BCUT2D eigenvalue weighted by Gasteiger charge is -2.10. The van der Waals surface area contributed by atoms with Crippen molar-refractivity contribution in [1.29, 1.82) is 0 Å². The molecule has 1 amide bonds. The smallest absolute Gasteiger partial charge is 0.358 e. The van der Waals surface area contributed by atoms with Gasteiger partial charge in [-0.05, 0) is 11.8 Å². The second-order valence-electron chi connectivity index (χ2n) is 6.85. The van der Waals surface area contributed by atoms with Crippen LogP contribution in [-0.2, 0) is 17.9 Å². The van der Waals surface area contributed by atoms with E-state index in [1.165, 1.54) is 23.1 Å². The van der Waals surface area contributed by atoms with Crippen molar-refractivity contribution in [2.45, 2.75) is 26.9 Å². The van der Waals surface area contributed by atoms with Crippen LogP contribution in [0.2, 0.25) is 0 Å². The van der Waals surface area contributed by atoms with Gasteiger partial charge in [0, 0.05) is 17.8 Å². The second-order valence-corrected chi connectivity index (χ2v) is 6.85. The second kappa shape index (κ2) is 8.53. The minimum Gasteiger partial charge on any atom is -0.358 e. The van der Waals surface area contributed by atoms with E-state index in [0.29, 0.717) is 5.69 Å². The average molecular weight is 440 g/mol. The van der Waals surface area contributed by atoms with Gasteiger partial charge in [0.2, 0.25) is 5.91 Å². The molecule has 3 aromatic rings. The van der Waals surface area contributed by atoms with E-state index >= 15 is 0 Å². The Hall–Kier alpha value is -3.77. The Balaban J connectivity index is 1.66. The molecular weight excluding hydrogens is 424 g/mol. The number of nitro groups is 1. The Bertz CT molecular complexity index is 1160. The Morgan fingerprint density at radius 3 is 2.58 bits per heavy atom. The fourth-order valence-electron chi connectivity index (χ4n) is 2.80. The van der Waals surface area contributed by atoms with Crippen LogP contribution in [0.1, 0.15) is 18.2 Å². The highest BCUT2D eigenvalue weighted by Gasteiger charge is 2.22. The van der Waals surface area contributed by atoms with Gasteiger partial charge in [-0.3, -0.25) is 9.48 Å². The van der Waals surface area contributed by atoms with Gasteiger partial charge in [-0.15, -0.1) is 0 Å². The topological polar surface area (TPSA) is 108 Å². The summed E-state index contributed by atoms with van der Waals surface area (Å²) in [4.78, 5) is 22.5. The maximum Gasteiger partial charge on any atom is 0.390 e. The molecule has 164 valence electrons. The van der Waals surface area contributed by atoms with E-state index < -0.39 is 52.1 Å². The normalized spacial score (nSPS) is 12.1. The van der Waals surface area contributed by atoms with E-state index in [1.807, 2.05) is 0 Å². The van der Waals surface area contributed by atoms with Crippen LogP contribution >= 0.6 is 0 Å². The summed E-state index contributed by atoms with van der Waals surface area (Å²) in [5, 5.41) is 21.0. The van der Waals surface area contributed by atoms with Gasteiger partial charge in [0.05, 0.1) is 47.8 Å². The largest absolute Gasteiger partial charge is 0.390 e. The van der Waals surface area contributed by atoms with Crippen LogP contribution in [0.15, 0.2) is 24.5 Å². The molecule has 0 saturated carbocycles. The van der Waals surface area contributed by atoms with Crippen molar-refractivity contribution in [3.8, 4) is 0 Å². The van der Waals surface area contributed by atoms with Gasteiger partial charge in [0.1, 0.15) is 5.82 Å². The number of aromatic nitrogens is 4. The predicted molar refractivity (Wildman–Crippen MR) is 99.0 cm³/mol. The number of carbonyl (C=O) groups excluding carboxylic acids is 1. The Morgan fingerprint density at radius 1 is 1.23 bits per heavy atom. The monoisotopic (exact) mass is 440 g/mol. The molecule has 1 unspecified atom stereocenters. The fourth-order valence-corrected chi connectivity index (χ4v) is 2.80. The molecule has 0 saturated heterocycles. The van der Waals surface area contributed by atoms with E-state index in [-0.39, 0.29) is 24.1 Å². The van der Waals surface area contributed by atoms with Crippen LogP contribution in [0.3, 0.4) is 0 Å². The summed E-state index contributed by atoms with van der Waals surface area (Å²) in [6.07, 6.45) is 2.47. The zero-order valence-corrected chi connectivity index (χ0v) is 16.3. The third-order valence-corrected chi connectivity index (χ3v) is 4.48. The highest BCUT2D eigenvalue weighted by molar-refractivity contribution is 5.91. The fraction of sp³-hybridized carbons (Fsp3) is 0.278. The van der Waals surface area contributed by atoms with E-state index in [9.17, 15) is 32.5 Å². The minimum absolute atomic E-state index is 0.0743. The summed E-state index contributed by atoms with van der Waals surface area (Å²) in [6, 6.07) is 1.52. The first kappa shape index (κ1) is 21.9. The summed E-state index contributed by atoms with van der Waals surface area (Å²) in [5.41, 5.74) is -0.0119. The number of carbonyl (C=O) groups is 1. The molecule has 0 bridgehead atoms. The first-order valence-corrected chi connectivity index (χ1v) is 8.90. The summed E-state index contributed by atoms with van der Waals surface area (Å²) in [5.74, 6) is -7.78. The molecule has 0 aliphatic rings. The van der Waals surface area contributed by atoms with Gasteiger partial charge in [-0.25, -0.2) is 17.6 Å². The summed E-state index contributed by atoms with van der Waals surface area (Å²) >= 11 is 0. The van der Waals surface area contributed by atoms with E-state index in [0.717, 1.165) is 4.68 Å². The molecule has 1 N–H and O–H groups in total. The van der Waals surface area contributed by atoms with Crippen LogP contribution in [-0.4, -0.2) is 30.4 Å². The average Bonchev–Trinajstić information content (AvgIpc) is 3.30. The first-order chi connectivity index (χ1) is 14.6. The highest BCUT2D eigenvalue weighted by atomic mass is 19.2. The number of benzene rings is 1. The lowest BCUT2D eigenvalue weighted by molar-refractivity contribution is -0.389. The third-order valence-electron chi connectivity index (χ3n) is 4.48. The van der Waals surface area contributed by atoms with Crippen LogP contribution in [0.5, 0.6) is 0 Å². The Morgan fingerprint density at radius 2 is 1.94 bits per heavy atom. The number of amides is 1. The highest BCUT2D eigenvalue weighted by Crippen LogP contribution is 2.21. The molecule has 9 nitrogen and oxygen atoms in total. The molecule has 3 rings (SSSR count). The van der Waals surface area contributed by atoms with Crippen LogP contribution in [0.25, 0.3) is 0 Å². The minimum atomic E-state index is -1.79. The van der Waals surface area contributed by atoms with E-state index in [1.54, 1.807) is 13.8 Å². The number of hydrogen-bond donors (Lipinski definition) is 1. The van der Waals surface area contributed by atoms with Crippen LogP contribution < -0.4 is 5.32 Å². The quantitative estimate of drug-likeness (QED) is 0.200. The molecule has 1 atom stereocenters. The van der Waals surface area contributed by atoms with E-state index in [2.05, 4.69) is 15.5 Å². The number of nitrogens with one attached hydrogen (secondary N) is 1. The van der Waals surface area contributed by atoms with Gasteiger partial charge in [-0.1, -0.05) is 6.92 Å². The number of anilines is 1. The number of rotatable bonds is 7. The van der Waals surface area contributed by atoms with Gasteiger partial charge < -0.3 is 15.4 Å². The van der Waals surface area contributed by atoms with Crippen molar-refractivity contribution in [3.63, 3.8) is 0 Å². The standard InChI is InChI=1S/C18H16F4N6O3/c1-9(6-27-10(2)3-15(25-27)28(30)31)18(29)24-11-5-23-26(7-11)8-12-13(19)4-14(20)17(22)16(12)21/h3-5,7,9H,6,8H2,1-2H3,(H,24,29). The van der Waals surface area contributed by atoms with Crippen molar-refractivity contribution in [2.24, 2.45) is 5.92 Å². The zero-order valence-electron chi connectivity index (χ0n) is 16.3. The number of aryl methyl sites for hydroxylation is 1. The summed E-state index contributed by atoms with van der Waals surface area (Å²) in [7, 11) is 0. The molecule has 31 heavy (non-hydrogen) atoms. The summed E-state index contributed by atoms with van der Waals surface area (Å²) < 4.78 is 56.4.